The van der Waals surface area contributed by atoms with Crippen molar-refractivity contribution in [3.05, 3.63) is 36.5 Å². The first-order chi connectivity index (χ1) is 28.2. The molecule has 0 aromatic carbocycles. The quantitative estimate of drug-likeness (QED) is 0.0424. The summed E-state index contributed by atoms with van der Waals surface area (Å²) >= 11 is 0. The molecular formula is C53H101NO3. The molecule has 4 heteroatoms. The van der Waals surface area contributed by atoms with E-state index in [0.717, 1.165) is 32.1 Å². The van der Waals surface area contributed by atoms with Crippen LogP contribution in [0.15, 0.2) is 36.5 Å². The highest BCUT2D eigenvalue weighted by molar-refractivity contribution is 5.76. The zero-order valence-electron chi connectivity index (χ0n) is 38.6. The maximum absolute atomic E-state index is 12.4. The van der Waals surface area contributed by atoms with Crippen molar-refractivity contribution < 1.29 is 15.0 Å². The van der Waals surface area contributed by atoms with E-state index in [0.29, 0.717) is 6.42 Å². The van der Waals surface area contributed by atoms with Crippen molar-refractivity contribution in [2.45, 2.75) is 289 Å². The molecule has 336 valence electrons. The molecule has 0 aliphatic rings. The SMILES string of the molecule is CCCCCCCCCCCCC/C=C\CCCCCCCCCC(=O)NC(CO)C(O)/C=C/CC/C=C/CCCCCCCCCCCCCCCCCCC. The first-order valence-electron chi connectivity index (χ1n) is 25.7. The van der Waals surface area contributed by atoms with Gasteiger partial charge in [0.1, 0.15) is 0 Å². The molecule has 57 heavy (non-hydrogen) atoms. The summed E-state index contributed by atoms with van der Waals surface area (Å²) in [7, 11) is 0. The van der Waals surface area contributed by atoms with E-state index in [1.807, 2.05) is 6.08 Å². The number of hydrogen-bond donors (Lipinski definition) is 3. The van der Waals surface area contributed by atoms with E-state index in [2.05, 4.69) is 43.5 Å². The second kappa shape index (κ2) is 49.0. The van der Waals surface area contributed by atoms with Crippen LogP contribution in [0, 0.1) is 0 Å². The van der Waals surface area contributed by atoms with Gasteiger partial charge in [-0.25, -0.2) is 0 Å². The average Bonchev–Trinajstić information content (AvgIpc) is 3.22. The van der Waals surface area contributed by atoms with Crippen LogP contribution in [0.2, 0.25) is 0 Å². The van der Waals surface area contributed by atoms with Gasteiger partial charge in [-0.2, -0.15) is 0 Å². The van der Waals surface area contributed by atoms with Crippen molar-refractivity contribution in [3.8, 4) is 0 Å². The zero-order valence-corrected chi connectivity index (χ0v) is 38.6. The molecule has 0 radical (unpaired) electrons. The first-order valence-corrected chi connectivity index (χ1v) is 25.7. The minimum absolute atomic E-state index is 0.0752. The second-order valence-electron chi connectivity index (χ2n) is 17.6. The largest absolute Gasteiger partial charge is 0.394 e. The molecule has 0 fully saturated rings. The van der Waals surface area contributed by atoms with Crippen LogP contribution in [-0.2, 0) is 4.79 Å². The highest BCUT2D eigenvalue weighted by Gasteiger charge is 2.17. The molecule has 0 bridgehead atoms. The number of carbonyl (C=O) groups excluding carboxylic acids is 1. The molecule has 0 saturated heterocycles. The Morgan fingerprint density at radius 2 is 0.684 bits per heavy atom. The van der Waals surface area contributed by atoms with Gasteiger partial charge in [0.25, 0.3) is 0 Å². The molecule has 2 atom stereocenters. The summed E-state index contributed by atoms with van der Waals surface area (Å²) in [6.07, 6.45) is 65.7. The lowest BCUT2D eigenvalue weighted by Crippen LogP contribution is -2.45. The summed E-state index contributed by atoms with van der Waals surface area (Å²) in [6, 6.07) is -0.641. The van der Waals surface area contributed by atoms with Gasteiger partial charge >= 0.3 is 0 Å². The standard InChI is InChI=1S/C53H101NO3/c1-3-5-7-9-11-13-15-17-19-21-23-25-27-28-30-32-34-36-38-40-42-44-46-48-52(56)51(50-55)54-53(57)49-47-45-43-41-39-37-35-33-31-29-26-24-22-20-18-16-14-12-10-8-6-4-2/h29,31,38,40,46,48,51-52,55-56H,3-28,30,32-37,39,41-45,47,49-50H2,1-2H3,(H,54,57)/b31-29-,40-38+,48-46+. The van der Waals surface area contributed by atoms with E-state index in [9.17, 15) is 15.0 Å². The summed E-state index contributed by atoms with van der Waals surface area (Å²) < 4.78 is 0. The van der Waals surface area contributed by atoms with Crippen LogP contribution >= 0.6 is 0 Å². The maximum Gasteiger partial charge on any atom is 0.220 e. The van der Waals surface area contributed by atoms with E-state index in [1.54, 1.807) is 6.08 Å². The lowest BCUT2D eigenvalue weighted by atomic mass is 10.0. The number of allylic oxidation sites excluding steroid dienone is 5. The molecule has 0 aliphatic carbocycles. The van der Waals surface area contributed by atoms with Crippen molar-refractivity contribution in [2.75, 3.05) is 6.61 Å². The minimum Gasteiger partial charge on any atom is -0.394 e. The van der Waals surface area contributed by atoms with Crippen molar-refractivity contribution in [3.63, 3.8) is 0 Å². The molecule has 0 rings (SSSR count). The van der Waals surface area contributed by atoms with E-state index >= 15 is 0 Å². The topological polar surface area (TPSA) is 69.6 Å². The van der Waals surface area contributed by atoms with Crippen LogP contribution in [0.5, 0.6) is 0 Å². The van der Waals surface area contributed by atoms with Crippen LogP contribution in [0.4, 0.5) is 0 Å². The summed E-state index contributed by atoms with van der Waals surface area (Å²) in [5.41, 5.74) is 0. The van der Waals surface area contributed by atoms with E-state index in [1.165, 1.54) is 225 Å². The molecule has 0 aromatic rings. The van der Waals surface area contributed by atoms with Gasteiger partial charge in [0.15, 0.2) is 0 Å². The highest BCUT2D eigenvalue weighted by Crippen LogP contribution is 2.16. The Labute approximate surface area is 357 Å². The lowest BCUT2D eigenvalue weighted by Gasteiger charge is -2.19. The Morgan fingerprint density at radius 3 is 1.02 bits per heavy atom. The third-order valence-electron chi connectivity index (χ3n) is 11.8. The number of aliphatic hydroxyl groups excluding tert-OH is 2. The van der Waals surface area contributed by atoms with Crippen molar-refractivity contribution in [1.29, 1.82) is 0 Å². The molecule has 0 aromatic heterocycles. The molecule has 0 aliphatic heterocycles. The molecule has 1 amide bonds. The second-order valence-corrected chi connectivity index (χ2v) is 17.6. The Hall–Kier alpha value is -1.39. The Balaban J connectivity index is 3.56. The molecule has 0 heterocycles. The number of carbonyl (C=O) groups is 1. The molecule has 0 spiro atoms. The van der Waals surface area contributed by atoms with E-state index < -0.39 is 12.1 Å². The lowest BCUT2D eigenvalue weighted by molar-refractivity contribution is -0.123. The van der Waals surface area contributed by atoms with Crippen LogP contribution in [0.25, 0.3) is 0 Å². The van der Waals surface area contributed by atoms with Crippen LogP contribution < -0.4 is 5.32 Å². The number of unbranched alkanes of at least 4 members (excludes halogenated alkanes) is 36. The summed E-state index contributed by atoms with van der Waals surface area (Å²) in [4.78, 5) is 12.4. The van der Waals surface area contributed by atoms with Gasteiger partial charge in [-0.05, 0) is 57.8 Å². The molecule has 3 N–H and O–H groups in total. The Kier molecular flexibility index (Phi) is 47.8. The monoisotopic (exact) mass is 800 g/mol. The van der Waals surface area contributed by atoms with E-state index in [-0.39, 0.29) is 12.5 Å². The minimum atomic E-state index is -0.864. The predicted octanol–water partition coefficient (Wildman–Crippen LogP) is 16.5. The Morgan fingerprint density at radius 1 is 0.404 bits per heavy atom. The molecule has 2 unspecified atom stereocenters. The van der Waals surface area contributed by atoms with Gasteiger partial charge in [0.2, 0.25) is 5.91 Å². The molecule has 0 saturated carbocycles. The summed E-state index contributed by atoms with van der Waals surface area (Å²) in [6.45, 7) is 4.32. The molecule has 4 nitrogen and oxygen atoms in total. The predicted molar refractivity (Wildman–Crippen MR) is 253 cm³/mol. The van der Waals surface area contributed by atoms with Gasteiger partial charge in [0, 0.05) is 6.42 Å². The van der Waals surface area contributed by atoms with E-state index in [4.69, 9.17) is 0 Å². The number of aliphatic hydroxyl groups is 2. The summed E-state index contributed by atoms with van der Waals surface area (Å²) in [5.74, 6) is -0.0752. The maximum atomic E-state index is 12.4. The first kappa shape index (κ1) is 55.6. The van der Waals surface area contributed by atoms with Crippen LogP contribution in [0.3, 0.4) is 0 Å². The van der Waals surface area contributed by atoms with Crippen molar-refractivity contribution in [2.24, 2.45) is 0 Å². The van der Waals surface area contributed by atoms with Crippen molar-refractivity contribution in [1.82, 2.24) is 5.32 Å². The zero-order chi connectivity index (χ0) is 41.4. The smallest absolute Gasteiger partial charge is 0.220 e. The average molecular weight is 800 g/mol. The van der Waals surface area contributed by atoms with Gasteiger partial charge in [-0.15, -0.1) is 0 Å². The third kappa shape index (κ3) is 45.5. The normalized spacial score (nSPS) is 13.1. The number of amides is 1. The Bertz CT molecular complexity index is 866. The van der Waals surface area contributed by atoms with Crippen molar-refractivity contribution >= 4 is 5.91 Å². The van der Waals surface area contributed by atoms with Crippen LogP contribution in [-0.4, -0.2) is 34.9 Å². The van der Waals surface area contributed by atoms with Crippen LogP contribution in [0.1, 0.15) is 277 Å². The fourth-order valence-electron chi connectivity index (χ4n) is 7.90. The number of rotatable bonds is 47. The van der Waals surface area contributed by atoms with Gasteiger partial charge < -0.3 is 15.5 Å². The number of nitrogens with one attached hydrogen (secondary N) is 1. The van der Waals surface area contributed by atoms with Gasteiger partial charge in [0.05, 0.1) is 18.8 Å². The van der Waals surface area contributed by atoms with Gasteiger partial charge in [-0.3, -0.25) is 4.79 Å². The third-order valence-corrected chi connectivity index (χ3v) is 11.8. The highest BCUT2D eigenvalue weighted by atomic mass is 16.3. The summed E-state index contributed by atoms with van der Waals surface area (Å²) in [5, 5.41) is 23.1. The van der Waals surface area contributed by atoms with Gasteiger partial charge in [-0.1, -0.05) is 249 Å². The molecular weight excluding hydrogens is 699 g/mol. The number of hydrogen-bond acceptors (Lipinski definition) is 3. The fraction of sp³-hybridized carbons (Fsp3) is 0.868. The fourth-order valence-corrected chi connectivity index (χ4v) is 7.90.